The molecule has 0 aliphatic heterocycles. The summed E-state index contributed by atoms with van der Waals surface area (Å²) in [5.74, 6) is 0.253. The van der Waals surface area contributed by atoms with E-state index in [0.29, 0.717) is 23.7 Å². The number of ether oxygens (including phenoxy) is 2. The molecule has 0 bridgehead atoms. The Hall–Kier alpha value is -3.32. The minimum Gasteiger partial charge on any atom is -0.483 e. The van der Waals surface area contributed by atoms with Crippen LogP contribution in [0.25, 0.3) is 10.9 Å². The molecule has 7 heteroatoms. The lowest BCUT2D eigenvalue weighted by molar-refractivity contribution is -0.118. The highest BCUT2D eigenvalue weighted by Crippen LogP contribution is 2.26. The van der Waals surface area contributed by atoms with Gasteiger partial charge in [0.1, 0.15) is 5.75 Å². The van der Waals surface area contributed by atoms with Gasteiger partial charge in [0.2, 0.25) is 5.91 Å². The smallest absolute Gasteiger partial charge is 0.262 e. The van der Waals surface area contributed by atoms with Crippen LogP contribution in [0.4, 0.5) is 11.4 Å². The molecule has 3 rings (SSSR count). The molecule has 0 saturated heterocycles. The van der Waals surface area contributed by atoms with Crippen LogP contribution in [-0.2, 0) is 20.9 Å². The molecule has 0 aliphatic carbocycles. The monoisotopic (exact) mass is 381 g/mol. The Morgan fingerprint density at radius 1 is 1.00 bits per heavy atom. The number of benzene rings is 2. The van der Waals surface area contributed by atoms with Gasteiger partial charge in [0, 0.05) is 43.5 Å². The van der Waals surface area contributed by atoms with Crippen molar-refractivity contribution in [2.75, 3.05) is 31.0 Å². The van der Waals surface area contributed by atoms with Crippen molar-refractivity contribution in [3.05, 3.63) is 54.7 Å². The van der Waals surface area contributed by atoms with Crippen LogP contribution < -0.4 is 15.4 Å². The molecule has 0 spiro atoms. The molecule has 146 valence electrons. The number of fused-ring (bicyclic) bond motifs is 1. The van der Waals surface area contributed by atoms with E-state index in [4.69, 9.17) is 9.47 Å². The van der Waals surface area contributed by atoms with Crippen molar-refractivity contribution in [3.63, 3.8) is 0 Å². The number of nitrogens with zero attached hydrogens (tertiary/aromatic N) is 1. The fraction of sp³-hybridized carbons (Fsp3) is 0.238. The Bertz CT molecular complexity index is 963. The molecule has 0 fully saturated rings. The van der Waals surface area contributed by atoms with Crippen molar-refractivity contribution in [1.29, 1.82) is 0 Å². The standard InChI is InChI=1S/C21H23N3O4/c1-15(25)22-16-6-8-17(9-7-16)23-21(26)14-28-20-5-3-4-19-18(20)10-11-24(19)12-13-27-2/h3-11H,12-14H2,1-2H3,(H,22,25)(H,23,26). The lowest BCUT2D eigenvalue weighted by Gasteiger charge is -2.10. The Morgan fingerprint density at radius 3 is 2.39 bits per heavy atom. The third-order valence-electron chi connectivity index (χ3n) is 4.16. The molecule has 0 radical (unpaired) electrons. The summed E-state index contributed by atoms with van der Waals surface area (Å²) in [5.41, 5.74) is 2.33. The summed E-state index contributed by atoms with van der Waals surface area (Å²) in [5, 5.41) is 6.40. The molecule has 3 aromatic rings. The minimum atomic E-state index is -0.261. The summed E-state index contributed by atoms with van der Waals surface area (Å²) in [6.07, 6.45) is 1.98. The second kappa shape index (κ2) is 9.05. The van der Waals surface area contributed by atoms with Crippen LogP contribution in [0, 0.1) is 0 Å². The summed E-state index contributed by atoms with van der Waals surface area (Å²) in [7, 11) is 1.67. The molecular formula is C21H23N3O4. The van der Waals surface area contributed by atoms with Gasteiger partial charge < -0.3 is 24.7 Å². The number of hydrogen-bond acceptors (Lipinski definition) is 4. The highest BCUT2D eigenvalue weighted by molar-refractivity contribution is 5.93. The highest BCUT2D eigenvalue weighted by atomic mass is 16.5. The van der Waals surface area contributed by atoms with Crippen LogP contribution in [0.2, 0.25) is 0 Å². The number of carbonyl (C=O) groups is 2. The van der Waals surface area contributed by atoms with Gasteiger partial charge in [0.05, 0.1) is 12.1 Å². The molecule has 1 heterocycles. The highest BCUT2D eigenvalue weighted by Gasteiger charge is 2.09. The van der Waals surface area contributed by atoms with E-state index >= 15 is 0 Å². The van der Waals surface area contributed by atoms with E-state index in [1.165, 1.54) is 6.92 Å². The van der Waals surface area contributed by atoms with Gasteiger partial charge in [-0.2, -0.15) is 0 Å². The van der Waals surface area contributed by atoms with Crippen molar-refractivity contribution >= 4 is 34.1 Å². The number of amides is 2. The SMILES string of the molecule is COCCn1ccc2c(OCC(=O)Nc3ccc(NC(C)=O)cc3)cccc21. The van der Waals surface area contributed by atoms with Crippen molar-refractivity contribution in [2.45, 2.75) is 13.5 Å². The minimum absolute atomic E-state index is 0.101. The summed E-state index contributed by atoms with van der Waals surface area (Å²) in [4.78, 5) is 23.2. The predicted molar refractivity (Wildman–Crippen MR) is 109 cm³/mol. The van der Waals surface area contributed by atoms with Crippen molar-refractivity contribution < 1.29 is 19.1 Å². The zero-order valence-electron chi connectivity index (χ0n) is 15.9. The third-order valence-corrected chi connectivity index (χ3v) is 4.16. The van der Waals surface area contributed by atoms with Gasteiger partial charge in [0.25, 0.3) is 5.91 Å². The van der Waals surface area contributed by atoms with Crippen LogP contribution in [0.1, 0.15) is 6.92 Å². The summed E-state index contributed by atoms with van der Waals surface area (Å²) < 4.78 is 12.9. The van der Waals surface area contributed by atoms with E-state index in [1.807, 2.05) is 30.5 Å². The first-order valence-electron chi connectivity index (χ1n) is 8.94. The fourth-order valence-electron chi connectivity index (χ4n) is 2.89. The maximum atomic E-state index is 12.2. The van der Waals surface area contributed by atoms with Crippen LogP contribution in [0.15, 0.2) is 54.7 Å². The van der Waals surface area contributed by atoms with Crippen molar-refractivity contribution in [1.82, 2.24) is 4.57 Å². The molecule has 1 aromatic heterocycles. The predicted octanol–water partition coefficient (Wildman–Crippen LogP) is 3.26. The van der Waals surface area contributed by atoms with E-state index in [0.717, 1.165) is 17.4 Å². The second-order valence-electron chi connectivity index (χ2n) is 6.29. The maximum Gasteiger partial charge on any atom is 0.262 e. The van der Waals surface area contributed by atoms with E-state index in [9.17, 15) is 9.59 Å². The van der Waals surface area contributed by atoms with Crippen molar-refractivity contribution in [3.8, 4) is 5.75 Å². The molecule has 0 atom stereocenters. The quantitative estimate of drug-likeness (QED) is 0.628. The van der Waals surface area contributed by atoms with Crippen molar-refractivity contribution in [2.24, 2.45) is 0 Å². The van der Waals surface area contributed by atoms with Crippen LogP contribution >= 0.6 is 0 Å². The third kappa shape index (κ3) is 4.89. The number of nitrogens with one attached hydrogen (secondary N) is 2. The van der Waals surface area contributed by atoms with Gasteiger partial charge >= 0.3 is 0 Å². The normalized spacial score (nSPS) is 10.6. The molecule has 0 aliphatic rings. The Kier molecular flexibility index (Phi) is 6.29. The first kappa shape index (κ1) is 19.4. The Labute approximate surface area is 163 Å². The topological polar surface area (TPSA) is 81.6 Å². The lowest BCUT2D eigenvalue weighted by Crippen LogP contribution is -2.20. The number of carbonyl (C=O) groups excluding carboxylic acids is 2. The van der Waals surface area contributed by atoms with Gasteiger partial charge in [-0.25, -0.2) is 0 Å². The van der Waals surface area contributed by atoms with Gasteiger partial charge in [-0.3, -0.25) is 9.59 Å². The van der Waals surface area contributed by atoms with E-state index < -0.39 is 0 Å². The number of aromatic nitrogens is 1. The first-order chi connectivity index (χ1) is 13.6. The van der Waals surface area contributed by atoms with Gasteiger partial charge in [0.15, 0.2) is 6.61 Å². The van der Waals surface area contributed by atoms with Crippen LogP contribution in [0.5, 0.6) is 5.75 Å². The summed E-state index contributed by atoms with van der Waals surface area (Å²) in [6, 6.07) is 14.6. The molecule has 2 aromatic carbocycles. The lowest BCUT2D eigenvalue weighted by atomic mass is 10.2. The van der Waals surface area contributed by atoms with E-state index in [1.54, 1.807) is 31.4 Å². The fourth-order valence-corrected chi connectivity index (χ4v) is 2.89. The molecule has 7 nitrogen and oxygen atoms in total. The van der Waals surface area contributed by atoms with Crippen LogP contribution in [-0.4, -0.2) is 36.7 Å². The Balaban J connectivity index is 1.60. The van der Waals surface area contributed by atoms with Crippen LogP contribution in [0.3, 0.4) is 0 Å². The molecule has 2 N–H and O–H groups in total. The maximum absolute atomic E-state index is 12.2. The summed E-state index contributed by atoms with van der Waals surface area (Å²) >= 11 is 0. The zero-order chi connectivity index (χ0) is 19.9. The summed E-state index contributed by atoms with van der Waals surface area (Å²) in [6.45, 7) is 2.71. The molecule has 0 unspecified atom stereocenters. The van der Waals surface area contributed by atoms with Gasteiger partial charge in [-0.05, 0) is 42.5 Å². The number of rotatable bonds is 8. The number of anilines is 2. The number of methoxy groups -OCH3 is 1. The molecular weight excluding hydrogens is 358 g/mol. The Morgan fingerprint density at radius 2 is 1.71 bits per heavy atom. The van der Waals surface area contributed by atoms with E-state index in [2.05, 4.69) is 15.2 Å². The van der Waals surface area contributed by atoms with Gasteiger partial charge in [-0.15, -0.1) is 0 Å². The largest absolute Gasteiger partial charge is 0.483 e. The average molecular weight is 381 g/mol. The average Bonchev–Trinajstić information content (AvgIpc) is 3.09. The second-order valence-corrected chi connectivity index (χ2v) is 6.29. The molecule has 0 saturated carbocycles. The molecule has 2 amide bonds. The molecule has 28 heavy (non-hydrogen) atoms. The van der Waals surface area contributed by atoms with Gasteiger partial charge in [-0.1, -0.05) is 6.07 Å². The van der Waals surface area contributed by atoms with E-state index in [-0.39, 0.29) is 18.4 Å². The number of hydrogen-bond donors (Lipinski definition) is 2. The zero-order valence-corrected chi connectivity index (χ0v) is 15.9. The first-order valence-corrected chi connectivity index (χ1v) is 8.94.